The molecule has 2 aromatic carbocycles. The van der Waals surface area contributed by atoms with Crippen molar-refractivity contribution in [2.24, 2.45) is 5.73 Å². The summed E-state index contributed by atoms with van der Waals surface area (Å²) >= 11 is 0. The number of hydrogen-bond donors (Lipinski definition) is 2. The van der Waals surface area contributed by atoms with Crippen molar-refractivity contribution in [2.45, 2.75) is 32.4 Å². The van der Waals surface area contributed by atoms with E-state index in [1.807, 2.05) is 37.3 Å². The van der Waals surface area contributed by atoms with E-state index in [9.17, 15) is 9.59 Å². The molecule has 0 aliphatic heterocycles. The topological polar surface area (TPSA) is 96.0 Å². The van der Waals surface area contributed by atoms with Crippen LogP contribution in [0.25, 0.3) is 22.0 Å². The first kappa shape index (κ1) is 15.7. The van der Waals surface area contributed by atoms with Crippen molar-refractivity contribution in [2.75, 3.05) is 5.84 Å². The molecule has 4 N–H and O–H groups in total. The fourth-order valence-corrected chi connectivity index (χ4v) is 3.46. The van der Waals surface area contributed by atoms with Gasteiger partial charge < -0.3 is 11.6 Å². The van der Waals surface area contributed by atoms with E-state index in [2.05, 4.69) is 0 Å². The summed E-state index contributed by atoms with van der Waals surface area (Å²) in [7, 11) is 0. The molecule has 128 valence electrons. The van der Waals surface area contributed by atoms with Gasteiger partial charge in [-0.05, 0) is 54.2 Å². The molecular weight excluding hydrogens is 316 g/mol. The minimum Gasteiger partial charge on any atom is -0.332 e. The Hall–Kier alpha value is -2.86. The third-order valence-electron chi connectivity index (χ3n) is 4.92. The van der Waals surface area contributed by atoms with Gasteiger partial charge in [-0.1, -0.05) is 24.3 Å². The molecule has 1 aliphatic rings. The molecule has 1 fully saturated rings. The first-order valence-electron chi connectivity index (χ1n) is 8.38. The zero-order chi connectivity index (χ0) is 17.7. The molecule has 0 bridgehead atoms. The van der Waals surface area contributed by atoms with E-state index in [1.54, 1.807) is 10.6 Å². The quantitative estimate of drug-likeness (QED) is 0.711. The molecule has 3 aromatic rings. The van der Waals surface area contributed by atoms with Gasteiger partial charge >= 0.3 is 5.69 Å². The second-order valence-electron chi connectivity index (χ2n) is 6.60. The molecule has 0 radical (unpaired) electrons. The molecule has 6 nitrogen and oxygen atoms in total. The second-order valence-corrected chi connectivity index (χ2v) is 6.60. The van der Waals surface area contributed by atoms with Crippen molar-refractivity contribution in [1.29, 1.82) is 0 Å². The number of hydrogen-bond acceptors (Lipinski definition) is 4. The predicted molar refractivity (Wildman–Crippen MR) is 99.0 cm³/mol. The van der Waals surface area contributed by atoms with Gasteiger partial charge in [0.2, 0.25) is 0 Å². The average Bonchev–Trinajstić information content (AvgIpc) is 3.46. The summed E-state index contributed by atoms with van der Waals surface area (Å²) in [4.78, 5) is 25.0. The molecule has 1 aliphatic carbocycles. The van der Waals surface area contributed by atoms with Crippen LogP contribution in [0.2, 0.25) is 0 Å². The van der Waals surface area contributed by atoms with Crippen LogP contribution in [0, 0.1) is 6.92 Å². The summed E-state index contributed by atoms with van der Waals surface area (Å²) < 4.78 is 2.40. The van der Waals surface area contributed by atoms with Crippen LogP contribution in [0.15, 0.2) is 46.0 Å². The van der Waals surface area contributed by atoms with Crippen molar-refractivity contribution in [3.8, 4) is 11.1 Å². The Bertz CT molecular complexity index is 1110. The average molecular weight is 336 g/mol. The highest BCUT2D eigenvalue weighted by Crippen LogP contribution is 2.37. The molecule has 1 saturated carbocycles. The normalized spacial score (nSPS) is 14.2. The molecule has 1 heterocycles. The molecule has 0 unspecified atom stereocenters. The van der Waals surface area contributed by atoms with Crippen LogP contribution < -0.4 is 22.8 Å². The Morgan fingerprint density at radius 1 is 1.16 bits per heavy atom. The Labute approximate surface area is 144 Å². The lowest BCUT2D eigenvalue weighted by Crippen LogP contribution is -2.44. The maximum atomic E-state index is 12.6. The minimum atomic E-state index is -0.456. The lowest BCUT2D eigenvalue weighted by Gasteiger charge is -2.16. The predicted octanol–water partition coefficient (Wildman–Crippen LogP) is 1.65. The van der Waals surface area contributed by atoms with Gasteiger partial charge in [-0.25, -0.2) is 4.79 Å². The van der Waals surface area contributed by atoms with Crippen molar-refractivity contribution in [3.05, 3.63) is 68.4 Å². The van der Waals surface area contributed by atoms with E-state index in [0.717, 1.165) is 39.8 Å². The SMILES string of the molecule is Cc1c(-c2cccc(CN)c2)ccc2c(=O)n(N)c(=O)n(C3CC3)c12. The Kier molecular flexibility index (Phi) is 3.51. The first-order chi connectivity index (χ1) is 12.0. The van der Waals surface area contributed by atoms with Gasteiger partial charge in [-0.3, -0.25) is 9.36 Å². The number of nitrogens with two attached hydrogens (primary N) is 2. The maximum absolute atomic E-state index is 12.6. The van der Waals surface area contributed by atoms with E-state index < -0.39 is 11.2 Å². The Morgan fingerprint density at radius 3 is 2.60 bits per heavy atom. The van der Waals surface area contributed by atoms with Crippen molar-refractivity contribution in [1.82, 2.24) is 9.24 Å². The van der Waals surface area contributed by atoms with E-state index in [4.69, 9.17) is 11.6 Å². The lowest BCUT2D eigenvalue weighted by molar-refractivity contribution is 0.662. The summed E-state index contributed by atoms with van der Waals surface area (Å²) in [6, 6.07) is 11.8. The van der Waals surface area contributed by atoms with Crippen molar-refractivity contribution >= 4 is 10.9 Å². The highest BCUT2D eigenvalue weighted by Gasteiger charge is 2.29. The third-order valence-corrected chi connectivity index (χ3v) is 4.92. The van der Waals surface area contributed by atoms with Crippen LogP contribution >= 0.6 is 0 Å². The molecule has 25 heavy (non-hydrogen) atoms. The van der Waals surface area contributed by atoms with Gasteiger partial charge in [-0.2, -0.15) is 4.68 Å². The summed E-state index contributed by atoms with van der Waals surface area (Å²) in [5.74, 6) is 5.71. The zero-order valence-electron chi connectivity index (χ0n) is 14.0. The Balaban J connectivity index is 2.08. The second kappa shape index (κ2) is 5.60. The van der Waals surface area contributed by atoms with Crippen molar-refractivity contribution in [3.63, 3.8) is 0 Å². The van der Waals surface area contributed by atoms with E-state index >= 15 is 0 Å². The summed E-state index contributed by atoms with van der Waals surface area (Å²) in [5.41, 5.74) is 9.50. The molecule has 0 atom stereocenters. The van der Waals surface area contributed by atoms with E-state index in [-0.39, 0.29) is 6.04 Å². The summed E-state index contributed by atoms with van der Waals surface area (Å²) in [6.07, 6.45) is 1.86. The lowest BCUT2D eigenvalue weighted by atomic mass is 9.96. The van der Waals surface area contributed by atoms with Gasteiger partial charge in [0.25, 0.3) is 5.56 Å². The van der Waals surface area contributed by atoms with Gasteiger partial charge in [0, 0.05) is 12.6 Å². The standard InChI is InChI=1S/C19H20N4O2/c1-11-15(13-4-2-3-12(9-13)10-20)7-8-16-17(11)22(14-5-6-14)19(25)23(21)18(16)24/h2-4,7-9,14H,5-6,10,20-21H2,1H3. The fraction of sp³-hybridized carbons (Fsp3) is 0.263. The third kappa shape index (κ3) is 2.37. The number of rotatable bonds is 3. The monoisotopic (exact) mass is 336 g/mol. The highest BCUT2D eigenvalue weighted by molar-refractivity contribution is 5.88. The zero-order valence-corrected chi connectivity index (χ0v) is 14.0. The molecule has 6 heteroatoms. The molecule has 4 rings (SSSR count). The van der Waals surface area contributed by atoms with E-state index in [1.165, 1.54) is 0 Å². The van der Waals surface area contributed by atoms with Gasteiger partial charge in [0.1, 0.15) is 0 Å². The van der Waals surface area contributed by atoms with Gasteiger partial charge in [0.05, 0.1) is 10.9 Å². The van der Waals surface area contributed by atoms with Crippen LogP contribution in [0.5, 0.6) is 0 Å². The number of nitrogen functional groups attached to an aromatic ring is 1. The van der Waals surface area contributed by atoms with Crippen LogP contribution in [-0.2, 0) is 6.54 Å². The highest BCUT2D eigenvalue weighted by atomic mass is 16.2. The first-order valence-corrected chi connectivity index (χ1v) is 8.38. The van der Waals surface area contributed by atoms with Gasteiger partial charge in [-0.15, -0.1) is 0 Å². The van der Waals surface area contributed by atoms with E-state index in [0.29, 0.717) is 17.4 Å². The summed E-state index contributed by atoms with van der Waals surface area (Å²) in [6.45, 7) is 2.41. The number of nitrogens with zero attached hydrogens (tertiary/aromatic N) is 2. The van der Waals surface area contributed by atoms with Crippen LogP contribution in [-0.4, -0.2) is 9.24 Å². The molecule has 0 amide bonds. The number of benzene rings is 2. The fourth-order valence-electron chi connectivity index (χ4n) is 3.46. The molecule has 0 spiro atoms. The number of aromatic nitrogens is 2. The minimum absolute atomic E-state index is 0.120. The van der Waals surface area contributed by atoms with Crippen LogP contribution in [0.3, 0.4) is 0 Å². The maximum Gasteiger partial charge on any atom is 0.350 e. The molecule has 0 saturated heterocycles. The van der Waals surface area contributed by atoms with Crippen LogP contribution in [0.1, 0.15) is 30.0 Å². The van der Waals surface area contributed by atoms with Crippen LogP contribution in [0.4, 0.5) is 0 Å². The molecule has 1 aromatic heterocycles. The number of fused-ring (bicyclic) bond motifs is 1. The number of aryl methyl sites for hydroxylation is 1. The van der Waals surface area contributed by atoms with Gasteiger partial charge in [0.15, 0.2) is 0 Å². The Morgan fingerprint density at radius 2 is 1.92 bits per heavy atom. The smallest absolute Gasteiger partial charge is 0.332 e. The largest absolute Gasteiger partial charge is 0.350 e. The summed E-state index contributed by atoms with van der Waals surface area (Å²) in [5, 5.41) is 0.477. The van der Waals surface area contributed by atoms with Crippen molar-refractivity contribution < 1.29 is 0 Å². The molecular formula is C19H20N4O2.